The van der Waals surface area contributed by atoms with Crippen LogP contribution in [0.4, 0.5) is 5.69 Å². The lowest BCUT2D eigenvalue weighted by Crippen LogP contribution is -2.25. The molecule has 0 spiro atoms. The van der Waals surface area contributed by atoms with E-state index in [4.69, 9.17) is 4.74 Å². The molecule has 0 aliphatic carbocycles. The van der Waals surface area contributed by atoms with Crippen LogP contribution in [0.3, 0.4) is 0 Å². The van der Waals surface area contributed by atoms with Gasteiger partial charge >= 0.3 is 5.97 Å². The molecule has 1 aliphatic heterocycles. The number of pyridine rings is 1. The van der Waals surface area contributed by atoms with Gasteiger partial charge in [-0.25, -0.2) is 4.79 Å². The molecular formula is C30H27N3O4. The minimum Gasteiger partial charge on any atom is -0.458 e. The Bertz CT molecular complexity index is 1400. The van der Waals surface area contributed by atoms with Crippen molar-refractivity contribution < 1.29 is 14.5 Å². The number of nitrogens with one attached hydrogen (secondary N) is 1. The first-order chi connectivity index (χ1) is 17.9. The molecule has 7 nitrogen and oxygen atoms in total. The van der Waals surface area contributed by atoms with Crippen molar-refractivity contribution in [3.63, 3.8) is 0 Å². The van der Waals surface area contributed by atoms with Crippen LogP contribution >= 0.6 is 0 Å². The summed E-state index contributed by atoms with van der Waals surface area (Å²) >= 11 is 0. The molecule has 0 saturated carbocycles. The Hall–Kier alpha value is -4.78. The molecule has 0 saturated heterocycles. The minimum absolute atomic E-state index is 0.00786. The van der Waals surface area contributed by atoms with Crippen LogP contribution in [0.15, 0.2) is 114 Å². The molecule has 3 aromatic rings. The fraction of sp³-hybridized carbons (Fsp3) is 0.133. The van der Waals surface area contributed by atoms with E-state index in [9.17, 15) is 14.9 Å². The molecule has 37 heavy (non-hydrogen) atoms. The summed E-state index contributed by atoms with van der Waals surface area (Å²) in [7, 11) is 0. The third-order valence-corrected chi connectivity index (χ3v) is 5.88. The second-order valence-electron chi connectivity index (χ2n) is 8.57. The Labute approximate surface area is 215 Å². The zero-order chi connectivity index (χ0) is 26.2. The molecule has 2 heterocycles. The molecule has 0 radical (unpaired) electrons. The molecule has 186 valence electrons. The molecule has 1 atom stereocenters. The summed E-state index contributed by atoms with van der Waals surface area (Å²) in [5.41, 5.74) is 5.35. The summed E-state index contributed by atoms with van der Waals surface area (Å²) in [6.45, 7) is 3.93. The number of carbonyl (C=O) groups excluding carboxylic acids is 1. The summed E-state index contributed by atoms with van der Waals surface area (Å²) in [4.78, 5) is 28.3. The van der Waals surface area contributed by atoms with Crippen LogP contribution in [0.2, 0.25) is 0 Å². The minimum atomic E-state index is -0.430. The van der Waals surface area contributed by atoms with E-state index in [-0.39, 0.29) is 18.2 Å². The Kier molecular flexibility index (Phi) is 8.05. The number of aromatic nitrogens is 1. The van der Waals surface area contributed by atoms with Gasteiger partial charge in [-0.05, 0) is 37.1 Å². The highest BCUT2D eigenvalue weighted by atomic mass is 16.6. The number of non-ortho nitro benzene ring substituents is 1. The van der Waals surface area contributed by atoms with Gasteiger partial charge in [0.2, 0.25) is 0 Å². The van der Waals surface area contributed by atoms with Crippen LogP contribution in [-0.2, 0) is 9.53 Å². The quantitative estimate of drug-likeness (QED) is 0.170. The first-order valence-corrected chi connectivity index (χ1v) is 11.8. The average molecular weight is 494 g/mol. The largest absolute Gasteiger partial charge is 0.458 e. The molecule has 0 amide bonds. The molecule has 1 N–H and O–H groups in total. The van der Waals surface area contributed by atoms with Crippen molar-refractivity contribution >= 4 is 17.7 Å². The SMILES string of the molecule is CC1=CC(c2ccc(-c3cccc([N+](=O)[O-])c3)nc2)C(C(=O)OC/C=C/C=C/c2ccccc2)=C(C)N1. The number of benzene rings is 2. The maximum Gasteiger partial charge on any atom is 0.337 e. The van der Waals surface area contributed by atoms with Gasteiger partial charge in [0.15, 0.2) is 0 Å². The Morgan fingerprint density at radius 1 is 1.08 bits per heavy atom. The second-order valence-corrected chi connectivity index (χ2v) is 8.57. The van der Waals surface area contributed by atoms with Crippen molar-refractivity contribution in [2.24, 2.45) is 0 Å². The number of nitro benzene ring substituents is 1. The van der Waals surface area contributed by atoms with Crippen LogP contribution in [0.1, 0.15) is 30.9 Å². The highest BCUT2D eigenvalue weighted by Gasteiger charge is 2.28. The Morgan fingerprint density at radius 3 is 2.62 bits per heavy atom. The van der Waals surface area contributed by atoms with E-state index >= 15 is 0 Å². The van der Waals surface area contributed by atoms with Crippen LogP contribution in [-0.4, -0.2) is 22.5 Å². The summed E-state index contributed by atoms with van der Waals surface area (Å²) in [5, 5.41) is 14.3. The molecular weight excluding hydrogens is 466 g/mol. The van der Waals surface area contributed by atoms with Gasteiger partial charge in [0.1, 0.15) is 6.61 Å². The lowest BCUT2D eigenvalue weighted by molar-refractivity contribution is -0.384. The number of dihydropyridines is 1. The number of rotatable bonds is 8. The molecule has 1 aromatic heterocycles. The van der Waals surface area contributed by atoms with Gasteiger partial charge < -0.3 is 10.1 Å². The monoisotopic (exact) mass is 493 g/mol. The highest BCUT2D eigenvalue weighted by Crippen LogP contribution is 2.33. The first-order valence-electron chi connectivity index (χ1n) is 11.8. The normalized spacial score (nSPS) is 15.5. The highest BCUT2D eigenvalue weighted by molar-refractivity contribution is 5.92. The summed E-state index contributed by atoms with van der Waals surface area (Å²) in [6, 6.07) is 20.0. The van der Waals surface area contributed by atoms with Crippen molar-refractivity contribution in [1.82, 2.24) is 10.3 Å². The van der Waals surface area contributed by atoms with Crippen molar-refractivity contribution in [3.8, 4) is 11.3 Å². The van der Waals surface area contributed by atoms with E-state index in [0.717, 1.165) is 22.5 Å². The molecule has 0 bridgehead atoms. The van der Waals surface area contributed by atoms with Crippen LogP contribution in [0.25, 0.3) is 17.3 Å². The zero-order valence-corrected chi connectivity index (χ0v) is 20.6. The van der Waals surface area contributed by atoms with E-state index in [2.05, 4.69) is 10.3 Å². The number of carbonyl (C=O) groups is 1. The fourth-order valence-corrected chi connectivity index (χ4v) is 4.12. The molecule has 1 unspecified atom stereocenters. The molecule has 7 heteroatoms. The first kappa shape index (κ1) is 25.3. The number of nitrogens with zero attached hydrogens (tertiary/aromatic N) is 2. The van der Waals surface area contributed by atoms with E-state index in [1.807, 2.05) is 74.5 Å². The van der Waals surface area contributed by atoms with Gasteiger partial charge in [0.25, 0.3) is 5.69 Å². The van der Waals surface area contributed by atoms with Crippen LogP contribution < -0.4 is 5.32 Å². The number of ether oxygens (including phenoxy) is 1. The van der Waals surface area contributed by atoms with Gasteiger partial charge in [0, 0.05) is 41.2 Å². The van der Waals surface area contributed by atoms with Crippen molar-refractivity contribution in [3.05, 3.63) is 135 Å². The average Bonchev–Trinajstić information content (AvgIpc) is 2.91. The van der Waals surface area contributed by atoms with Crippen molar-refractivity contribution in [2.75, 3.05) is 6.61 Å². The maximum absolute atomic E-state index is 13.1. The van der Waals surface area contributed by atoms with Crippen LogP contribution in [0, 0.1) is 10.1 Å². The number of hydrogen-bond donors (Lipinski definition) is 1. The molecule has 1 aliphatic rings. The number of hydrogen-bond acceptors (Lipinski definition) is 6. The molecule has 0 fully saturated rings. The van der Waals surface area contributed by atoms with Gasteiger partial charge in [-0.15, -0.1) is 0 Å². The van der Waals surface area contributed by atoms with E-state index < -0.39 is 10.9 Å². The lowest BCUT2D eigenvalue weighted by atomic mass is 9.87. The standard InChI is InChI=1S/C30H27N3O4/c1-21-18-27(25-15-16-28(31-20-25)24-13-9-14-26(19-24)33(35)36)29(22(2)32-21)30(34)37-17-8-4-7-12-23-10-5-3-6-11-23/h3-16,18-20,27,32H,17H2,1-2H3/b8-4+,12-7+. The summed E-state index contributed by atoms with van der Waals surface area (Å²) in [5.74, 6) is -0.736. The fourth-order valence-electron chi connectivity index (χ4n) is 4.12. The Morgan fingerprint density at radius 2 is 1.89 bits per heavy atom. The predicted molar refractivity (Wildman–Crippen MR) is 144 cm³/mol. The lowest BCUT2D eigenvalue weighted by Gasteiger charge is -2.25. The van der Waals surface area contributed by atoms with Gasteiger partial charge in [-0.1, -0.05) is 72.8 Å². The number of esters is 1. The van der Waals surface area contributed by atoms with Gasteiger partial charge in [-0.3, -0.25) is 15.1 Å². The van der Waals surface area contributed by atoms with Crippen LogP contribution in [0.5, 0.6) is 0 Å². The molecule has 2 aromatic carbocycles. The second kappa shape index (κ2) is 11.8. The maximum atomic E-state index is 13.1. The third kappa shape index (κ3) is 6.46. The molecule has 4 rings (SSSR count). The van der Waals surface area contributed by atoms with E-state index in [0.29, 0.717) is 16.8 Å². The van der Waals surface area contributed by atoms with E-state index in [1.165, 1.54) is 12.1 Å². The van der Waals surface area contributed by atoms with Gasteiger partial charge in [0.05, 0.1) is 16.2 Å². The van der Waals surface area contributed by atoms with Gasteiger partial charge in [-0.2, -0.15) is 0 Å². The zero-order valence-electron chi connectivity index (χ0n) is 20.6. The summed E-state index contributed by atoms with van der Waals surface area (Å²) in [6.07, 6.45) is 11.2. The van der Waals surface area contributed by atoms with Crippen molar-refractivity contribution in [2.45, 2.75) is 19.8 Å². The topological polar surface area (TPSA) is 94.4 Å². The summed E-state index contributed by atoms with van der Waals surface area (Å²) < 4.78 is 5.55. The third-order valence-electron chi connectivity index (χ3n) is 5.88. The van der Waals surface area contributed by atoms with E-state index in [1.54, 1.807) is 30.5 Å². The predicted octanol–water partition coefficient (Wildman–Crippen LogP) is 6.33. The number of nitro groups is 1. The smallest absolute Gasteiger partial charge is 0.337 e. The van der Waals surface area contributed by atoms with Crippen molar-refractivity contribution in [1.29, 1.82) is 0 Å². The number of allylic oxidation sites excluding steroid dienone is 5. The Balaban J connectivity index is 1.46.